The second-order valence-corrected chi connectivity index (χ2v) is 4.42. The van der Waals surface area contributed by atoms with Gasteiger partial charge in [0.15, 0.2) is 0 Å². The second kappa shape index (κ2) is 3.35. The topological polar surface area (TPSA) is 6.48 Å². The van der Waals surface area contributed by atoms with Crippen LogP contribution >= 0.6 is 0 Å². The third-order valence-corrected chi connectivity index (χ3v) is 3.52. The van der Waals surface area contributed by atoms with Crippen LogP contribution in [0.4, 0.5) is 0 Å². The summed E-state index contributed by atoms with van der Waals surface area (Å²) in [7, 11) is 2.23. The fraction of sp³-hybridized carbons (Fsp3) is 1.00. The van der Waals surface area contributed by atoms with Crippen LogP contribution in [0.2, 0.25) is 0 Å². The number of hydrogen-bond donors (Lipinski definition) is 0. The first-order valence-electron chi connectivity index (χ1n) is 5.20. The molecule has 0 aromatic carbocycles. The van der Waals surface area contributed by atoms with Crippen molar-refractivity contribution in [3.8, 4) is 0 Å². The molecule has 2 fully saturated rings. The van der Waals surface area contributed by atoms with Crippen molar-refractivity contribution in [3.05, 3.63) is 0 Å². The van der Waals surface area contributed by atoms with Crippen molar-refractivity contribution in [3.63, 3.8) is 0 Å². The van der Waals surface area contributed by atoms with Gasteiger partial charge in [-0.2, -0.15) is 0 Å². The van der Waals surface area contributed by atoms with E-state index >= 15 is 0 Å². The third kappa shape index (κ3) is 1.50. The molecule has 0 amide bonds. The van der Waals surface area contributed by atoms with Gasteiger partial charge in [-0.3, -0.25) is 0 Å². The highest BCUT2D eigenvalue weighted by molar-refractivity contribution is 4.88. The summed E-state index contributed by atoms with van der Waals surface area (Å²) in [6.45, 7) is 8.94. The molecule has 1 unspecified atom stereocenters. The minimum absolute atomic E-state index is 1.01. The lowest BCUT2D eigenvalue weighted by Crippen LogP contribution is -2.47. The van der Waals surface area contributed by atoms with E-state index in [-0.39, 0.29) is 0 Å². The normalized spacial score (nSPS) is 34.0. The number of nitrogens with zero attached hydrogens (tertiary/aromatic N) is 2. The van der Waals surface area contributed by atoms with E-state index in [9.17, 15) is 0 Å². The fourth-order valence-electron chi connectivity index (χ4n) is 2.58. The Morgan fingerprint density at radius 3 is 2.42 bits per heavy atom. The smallest absolute Gasteiger partial charge is 0.00221 e. The fourth-order valence-corrected chi connectivity index (χ4v) is 2.58. The molecule has 1 atom stereocenters. The van der Waals surface area contributed by atoms with Gasteiger partial charge in [-0.25, -0.2) is 0 Å². The predicted octanol–water partition coefficient (Wildman–Crippen LogP) is 0.890. The molecule has 2 aliphatic heterocycles. The maximum absolute atomic E-state index is 2.59. The first-order valence-corrected chi connectivity index (χ1v) is 5.20. The summed E-state index contributed by atoms with van der Waals surface area (Å²) in [4.78, 5) is 5.02. The average molecular weight is 168 g/mol. The van der Waals surface area contributed by atoms with Gasteiger partial charge in [0.1, 0.15) is 0 Å². The highest BCUT2D eigenvalue weighted by Gasteiger charge is 2.34. The zero-order chi connectivity index (χ0) is 8.55. The molecule has 2 heterocycles. The highest BCUT2D eigenvalue weighted by atomic mass is 15.2. The van der Waals surface area contributed by atoms with Gasteiger partial charge >= 0.3 is 0 Å². The summed E-state index contributed by atoms with van der Waals surface area (Å²) in [5.74, 6) is 2.03. The zero-order valence-corrected chi connectivity index (χ0v) is 8.29. The number of hydrogen-bond acceptors (Lipinski definition) is 2. The lowest BCUT2D eigenvalue weighted by atomic mass is 9.86. The third-order valence-electron chi connectivity index (χ3n) is 3.52. The first-order chi connectivity index (χ1) is 5.79. The Bertz CT molecular complexity index is 152. The largest absolute Gasteiger partial charge is 0.306 e. The van der Waals surface area contributed by atoms with Gasteiger partial charge < -0.3 is 9.80 Å². The zero-order valence-electron chi connectivity index (χ0n) is 8.29. The number of likely N-dealkylation sites (tertiary alicyclic amines) is 2. The van der Waals surface area contributed by atoms with Gasteiger partial charge in [0.2, 0.25) is 0 Å². The minimum Gasteiger partial charge on any atom is -0.306 e. The van der Waals surface area contributed by atoms with Crippen molar-refractivity contribution in [2.75, 3.05) is 39.8 Å². The molecule has 2 aliphatic rings. The van der Waals surface area contributed by atoms with E-state index in [0.29, 0.717) is 0 Å². The molecular formula is C10H20N2. The summed E-state index contributed by atoms with van der Waals surface area (Å²) < 4.78 is 0. The summed E-state index contributed by atoms with van der Waals surface area (Å²) in [5.41, 5.74) is 0. The van der Waals surface area contributed by atoms with Crippen LogP contribution in [-0.2, 0) is 0 Å². The standard InChI is InChI=1S/C10H20N2/c1-3-12-5-4-9(8-12)10-6-11(2)7-10/h9-10H,3-8H2,1-2H3. The quantitative estimate of drug-likeness (QED) is 0.604. The Kier molecular flexibility index (Phi) is 2.37. The Balaban J connectivity index is 1.76. The van der Waals surface area contributed by atoms with Crippen molar-refractivity contribution in [2.24, 2.45) is 11.8 Å². The van der Waals surface area contributed by atoms with Crippen LogP contribution in [0.25, 0.3) is 0 Å². The van der Waals surface area contributed by atoms with Crippen molar-refractivity contribution in [1.29, 1.82) is 0 Å². The summed E-state index contributed by atoms with van der Waals surface area (Å²) in [5, 5.41) is 0. The molecule has 70 valence electrons. The molecule has 0 saturated carbocycles. The Hall–Kier alpha value is -0.0800. The van der Waals surface area contributed by atoms with E-state index in [4.69, 9.17) is 0 Å². The lowest BCUT2D eigenvalue weighted by molar-refractivity contribution is 0.0855. The maximum Gasteiger partial charge on any atom is 0.00221 e. The van der Waals surface area contributed by atoms with Crippen LogP contribution in [0.5, 0.6) is 0 Å². The number of rotatable bonds is 2. The molecule has 0 aliphatic carbocycles. The molecule has 0 aromatic rings. The van der Waals surface area contributed by atoms with Gasteiger partial charge in [0, 0.05) is 19.6 Å². The van der Waals surface area contributed by atoms with Crippen molar-refractivity contribution in [1.82, 2.24) is 9.80 Å². The summed E-state index contributed by atoms with van der Waals surface area (Å²) >= 11 is 0. The molecule has 2 heteroatoms. The Morgan fingerprint density at radius 1 is 1.17 bits per heavy atom. The molecule has 2 saturated heterocycles. The van der Waals surface area contributed by atoms with Crippen molar-refractivity contribution >= 4 is 0 Å². The Morgan fingerprint density at radius 2 is 1.92 bits per heavy atom. The molecule has 2 rings (SSSR count). The van der Waals surface area contributed by atoms with Gasteiger partial charge in [-0.05, 0) is 38.4 Å². The van der Waals surface area contributed by atoms with Crippen LogP contribution in [0.3, 0.4) is 0 Å². The maximum atomic E-state index is 2.59. The Labute approximate surface area is 75.5 Å². The van der Waals surface area contributed by atoms with E-state index in [0.717, 1.165) is 11.8 Å². The van der Waals surface area contributed by atoms with Gasteiger partial charge in [-0.1, -0.05) is 6.92 Å². The van der Waals surface area contributed by atoms with E-state index in [1.165, 1.54) is 39.1 Å². The molecule has 0 aromatic heterocycles. The van der Waals surface area contributed by atoms with Crippen molar-refractivity contribution < 1.29 is 0 Å². The van der Waals surface area contributed by atoms with E-state index in [2.05, 4.69) is 23.8 Å². The first kappa shape index (κ1) is 8.52. The predicted molar refractivity (Wildman–Crippen MR) is 51.2 cm³/mol. The van der Waals surface area contributed by atoms with Gasteiger partial charge in [0.05, 0.1) is 0 Å². The molecular weight excluding hydrogens is 148 g/mol. The van der Waals surface area contributed by atoms with Crippen LogP contribution in [0.1, 0.15) is 13.3 Å². The van der Waals surface area contributed by atoms with Crippen molar-refractivity contribution in [2.45, 2.75) is 13.3 Å². The molecule has 0 radical (unpaired) electrons. The minimum atomic E-state index is 1.01. The van der Waals surface area contributed by atoms with Crippen LogP contribution in [0.15, 0.2) is 0 Å². The van der Waals surface area contributed by atoms with Crippen LogP contribution < -0.4 is 0 Å². The van der Waals surface area contributed by atoms with E-state index < -0.39 is 0 Å². The van der Waals surface area contributed by atoms with Crippen LogP contribution in [0, 0.1) is 11.8 Å². The summed E-state index contributed by atoms with van der Waals surface area (Å²) in [6.07, 6.45) is 1.45. The lowest BCUT2D eigenvalue weighted by Gasteiger charge is -2.40. The molecule has 0 bridgehead atoms. The molecule has 12 heavy (non-hydrogen) atoms. The molecule has 2 nitrogen and oxygen atoms in total. The SMILES string of the molecule is CCN1CCC(C2CN(C)C2)C1. The summed E-state index contributed by atoms with van der Waals surface area (Å²) in [6, 6.07) is 0. The highest BCUT2D eigenvalue weighted by Crippen LogP contribution is 2.29. The molecule has 0 N–H and O–H groups in total. The second-order valence-electron chi connectivity index (χ2n) is 4.42. The van der Waals surface area contributed by atoms with Crippen LogP contribution in [-0.4, -0.2) is 49.6 Å². The monoisotopic (exact) mass is 168 g/mol. The van der Waals surface area contributed by atoms with Gasteiger partial charge in [0.25, 0.3) is 0 Å². The molecule has 0 spiro atoms. The van der Waals surface area contributed by atoms with E-state index in [1.807, 2.05) is 0 Å². The van der Waals surface area contributed by atoms with Gasteiger partial charge in [-0.15, -0.1) is 0 Å². The van der Waals surface area contributed by atoms with E-state index in [1.54, 1.807) is 0 Å². The average Bonchev–Trinajstić information content (AvgIpc) is 2.46.